The molecule has 3 N–H and O–H groups in total. The highest BCUT2D eigenvalue weighted by Gasteiger charge is 2.32. The lowest BCUT2D eigenvalue weighted by molar-refractivity contribution is -0.125. The molecule has 1 heterocycles. The quantitative estimate of drug-likeness (QED) is 0.389. The molecule has 8 nitrogen and oxygen atoms in total. The van der Waals surface area contributed by atoms with Gasteiger partial charge in [0, 0.05) is 22.9 Å². The predicted molar refractivity (Wildman–Crippen MR) is 142 cm³/mol. The largest absolute Gasteiger partial charge is 0.449 e. The van der Waals surface area contributed by atoms with Crippen molar-refractivity contribution in [3.63, 3.8) is 0 Å². The van der Waals surface area contributed by atoms with Crippen LogP contribution in [0.3, 0.4) is 0 Å². The third kappa shape index (κ3) is 9.55. The van der Waals surface area contributed by atoms with Gasteiger partial charge in [0.2, 0.25) is 11.8 Å². The maximum atomic E-state index is 13.2. The Morgan fingerprint density at radius 3 is 2.59 bits per heavy atom. The fourth-order valence-corrected chi connectivity index (χ4v) is 5.47. The molecule has 0 aromatic heterocycles. The molecule has 3 atom stereocenters. The molecular weight excluding hydrogens is 492 g/mol. The lowest BCUT2D eigenvalue weighted by Crippen LogP contribution is -2.51. The molecule has 1 aromatic carbocycles. The van der Waals surface area contributed by atoms with Gasteiger partial charge in [0.05, 0.1) is 12.7 Å². The maximum Gasteiger partial charge on any atom is 0.407 e. The van der Waals surface area contributed by atoms with Crippen LogP contribution in [0, 0.1) is 28.6 Å². The Hall–Kier alpha value is -2.79. The van der Waals surface area contributed by atoms with Gasteiger partial charge in [-0.1, -0.05) is 69.7 Å². The predicted octanol–water partition coefficient (Wildman–Crippen LogP) is 4.51. The van der Waals surface area contributed by atoms with E-state index in [0.717, 1.165) is 31.2 Å². The van der Waals surface area contributed by atoms with E-state index in [-0.39, 0.29) is 30.3 Å². The Morgan fingerprint density at radius 2 is 1.95 bits per heavy atom. The van der Waals surface area contributed by atoms with Crippen molar-refractivity contribution < 1.29 is 19.1 Å². The Bertz CT molecular complexity index is 987. The maximum absolute atomic E-state index is 13.2. The van der Waals surface area contributed by atoms with Crippen molar-refractivity contribution in [1.29, 1.82) is 5.26 Å². The molecule has 1 aliphatic carbocycles. The van der Waals surface area contributed by atoms with Crippen LogP contribution in [0.2, 0.25) is 5.02 Å². The van der Waals surface area contributed by atoms with Gasteiger partial charge in [-0.2, -0.15) is 5.26 Å². The fourth-order valence-electron chi connectivity index (χ4n) is 5.25. The number of nitriles is 1. The van der Waals surface area contributed by atoms with Crippen LogP contribution in [-0.4, -0.2) is 43.1 Å². The number of ether oxygens (including phenoxy) is 1. The Balaban J connectivity index is 1.58. The van der Waals surface area contributed by atoms with E-state index in [2.05, 4.69) is 22.0 Å². The molecule has 37 heavy (non-hydrogen) atoms. The smallest absolute Gasteiger partial charge is 0.407 e. The number of carbonyl (C=O) groups excluding carboxylic acids is 3. The summed E-state index contributed by atoms with van der Waals surface area (Å²) < 4.78 is 5.55. The molecule has 3 rings (SSSR count). The van der Waals surface area contributed by atoms with Gasteiger partial charge in [0.25, 0.3) is 0 Å². The molecule has 1 saturated heterocycles. The van der Waals surface area contributed by atoms with E-state index in [4.69, 9.17) is 16.3 Å². The van der Waals surface area contributed by atoms with Crippen LogP contribution in [0.5, 0.6) is 0 Å². The highest BCUT2D eigenvalue weighted by atomic mass is 35.5. The molecule has 0 spiro atoms. The number of nitrogens with one attached hydrogen (secondary N) is 3. The van der Waals surface area contributed by atoms with Crippen LogP contribution in [0.4, 0.5) is 4.79 Å². The van der Waals surface area contributed by atoms with Gasteiger partial charge in [-0.15, -0.1) is 0 Å². The molecule has 1 aliphatic heterocycles. The van der Waals surface area contributed by atoms with E-state index in [1.807, 2.05) is 38.1 Å². The summed E-state index contributed by atoms with van der Waals surface area (Å²) in [6.45, 7) is 4.76. The summed E-state index contributed by atoms with van der Waals surface area (Å²) in [5.74, 6) is -0.465. The summed E-state index contributed by atoms with van der Waals surface area (Å²) in [6, 6.07) is 8.09. The van der Waals surface area contributed by atoms with Gasteiger partial charge < -0.3 is 20.7 Å². The van der Waals surface area contributed by atoms with Crippen LogP contribution in [0.1, 0.15) is 70.8 Å². The Labute approximate surface area is 224 Å². The van der Waals surface area contributed by atoms with Gasteiger partial charge in [0.15, 0.2) is 0 Å². The van der Waals surface area contributed by atoms with E-state index >= 15 is 0 Å². The summed E-state index contributed by atoms with van der Waals surface area (Å²) in [5.41, 5.74) is 0.714. The van der Waals surface area contributed by atoms with Gasteiger partial charge in [0.1, 0.15) is 12.1 Å². The number of halogens is 1. The van der Waals surface area contributed by atoms with E-state index in [0.29, 0.717) is 36.7 Å². The van der Waals surface area contributed by atoms with Crippen molar-refractivity contribution in [3.05, 3.63) is 34.9 Å². The van der Waals surface area contributed by atoms with Crippen molar-refractivity contribution in [2.24, 2.45) is 17.3 Å². The number of alkyl carbamates (subject to hydrolysis) is 1. The normalized spacial score (nSPS) is 19.8. The Morgan fingerprint density at radius 1 is 1.19 bits per heavy atom. The number of carbonyl (C=O) groups is 3. The molecule has 3 amide bonds. The monoisotopic (exact) mass is 530 g/mol. The second kappa shape index (κ2) is 13.7. The minimum absolute atomic E-state index is 0.0876. The average Bonchev–Trinajstić information content (AvgIpc) is 3.26. The topological polar surface area (TPSA) is 120 Å². The molecule has 1 unspecified atom stereocenters. The van der Waals surface area contributed by atoms with E-state index in [9.17, 15) is 19.6 Å². The summed E-state index contributed by atoms with van der Waals surface area (Å²) in [6.07, 6.45) is 6.84. The molecular formula is C28H39ClN4O4. The standard InChI is InChI=1S/C28H39ClN4O4/c1-28(2,16-20-9-6-10-22(29)13-20)18-37-27(36)33-24(14-19-7-4-3-5-8-19)26(35)32-23(17-30)15-21-11-12-31-25(21)34/h6,9-10,13,19,21,23-24H,3-5,7-8,11-12,14-16,18H2,1-2H3,(H,31,34)(H,32,35)(H,33,36)/t21?,23-,24-/m0/s1. The molecule has 202 valence electrons. The van der Waals surface area contributed by atoms with Crippen molar-refractivity contribution in [3.8, 4) is 6.07 Å². The van der Waals surface area contributed by atoms with E-state index in [1.165, 1.54) is 6.42 Å². The molecule has 2 fully saturated rings. The zero-order valence-corrected chi connectivity index (χ0v) is 22.6. The molecule has 1 saturated carbocycles. The molecule has 1 aromatic rings. The van der Waals surface area contributed by atoms with Gasteiger partial charge in [-0.3, -0.25) is 9.59 Å². The molecule has 9 heteroatoms. The van der Waals surface area contributed by atoms with Crippen LogP contribution >= 0.6 is 11.6 Å². The number of rotatable bonds is 11. The van der Waals surface area contributed by atoms with E-state index in [1.54, 1.807) is 0 Å². The van der Waals surface area contributed by atoms with Crippen molar-refractivity contribution >= 4 is 29.5 Å². The second-order valence-corrected chi connectivity index (χ2v) is 11.6. The van der Waals surface area contributed by atoms with Gasteiger partial charge >= 0.3 is 6.09 Å². The number of amides is 3. The zero-order chi connectivity index (χ0) is 26.8. The lowest BCUT2D eigenvalue weighted by atomic mass is 9.84. The SMILES string of the molecule is CC(C)(COC(=O)N[C@@H](CC1CCCCC1)C(=O)N[C@H](C#N)CC1CCNC1=O)Cc1cccc(Cl)c1. The molecule has 2 aliphatic rings. The summed E-state index contributed by atoms with van der Waals surface area (Å²) in [5, 5.41) is 18.5. The van der Waals surface area contributed by atoms with Crippen molar-refractivity contribution in [1.82, 2.24) is 16.0 Å². The highest BCUT2D eigenvalue weighted by Crippen LogP contribution is 2.28. The number of nitrogens with zero attached hydrogens (tertiary/aromatic N) is 1. The first-order chi connectivity index (χ1) is 17.6. The fraction of sp³-hybridized carbons (Fsp3) is 0.643. The van der Waals surface area contributed by atoms with Crippen LogP contribution in [-0.2, 0) is 20.7 Å². The van der Waals surface area contributed by atoms with Crippen molar-refractivity contribution in [2.75, 3.05) is 13.2 Å². The van der Waals surface area contributed by atoms with Gasteiger partial charge in [-0.05, 0) is 49.3 Å². The molecule has 0 radical (unpaired) electrons. The number of benzene rings is 1. The van der Waals surface area contributed by atoms with Crippen LogP contribution < -0.4 is 16.0 Å². The average molecular weight is 531 g/mol. The second-order valence-electron chi connectivity index (χ2n) is 11.2. The molecule has 0 bridgehead atoms. The van der Waals surface area contributed by atoms with Crippen LogP contribution in [0.15, 0.2) is 24.3 Å². The third-order valence-corrected chi connectivity index (χ3v) is 7.46. The third-order valence-electron chi connectivity index (χ3n) is 7.22. The number of hydrogen-bond acceptors (Lipinski definition) is 5. The summed E-state index contributed by atoms with van der Waals surface area (Å²) in [4.78, 5) is 37.9. The Kier molecular flexibility index (Phi) is 10.6. The summed E-state index contributed by atoms with van der Waals surface area (Å²) >= 11 is 6.10. The highest BCUT2D eigenvalue weighted by molar-refractivity contribution is 6.30. The minimum atomic E-state index is -0.806. The van der Waals surface area contributed by atoms with Crippen molar-refractivity contribution in [2.45, 2.75) is 83.7 Å². The van der Waals surface area contributed by atoms with Gasteiger partial charge in [-0.25, -0.2) is 4.79 Å². The first kappa shape index (κ1) is 28.8. The zero-order valence-electron chi connectivity index (χ0n) is 21.9. The minimum Gasteiger partial charge on any atom is -0.449 e. The van der Waals surface area contributed by atoms with Crippen LogP contribution in [0.25, 0.3) is 0 Å². The first-order valence-electron chi connectivity index (χ1n) is 13.3. The number of hydrogen-bond donors (Lipinski definition) is 3. The van der Waals surface area contributed by atoms with E-state index < -0.39 is 24.1 Å². The summed E-state index contributed by atoms with van der Waals surface area (Å²) in [7, 11) is 0. The lowest BCUT2D eigenvalue weighted by Gasteiger charge is -2.28. The first-order valence-corrected chi connectivity index (χ1v) is 13.7.